The molecule has 4 nitrogen and oxygen atoms in total. The van der Waals surface area contributed by atoms with Gasteiger partial charge in [-0.3, -0.25) is 4.79 Å². The zero-order valence-electron chi connectivity index (χ0n) is 17.3. The molecule has 1 amide bonds. The van der Waals surface area contributed by atoms with Gasteiger partial charge in [-0.15, -0.1) is 0 Å². The molecule has 2 N–H and O–H groups in total. The number of benzene rings is 2. The van der Waals surface area contributed by atoms with Crippen LogP contribution in [-0.2, 0) is 17.8 Å². The Bertz CT molecular complexity index is 778. The number of halogens is 2. The Balaban J connectivity index is 2.06. The van der Waals surface area contributed by atoms with Gasteiger partial charge in [-0.05, 0) is 61.2 Å². The molecule has 0 atom stereocenters. The quantitative estimate of drug-likeness (QED) is 0.496. The van der Waals surface area contributed by atoms with Crippen molar-refractivity contribution in [3.63, 3.8) is 0 Å². The van der Waals surface area contributed by atoms with E-state index in [9.17, 15) is 4.79 Å². The summed E-state index contributed by atoms with van der Waals surface area (Å²) in [4.78, 5) is 16.9. The summed E-state index contributed by atoms with van der Waals surface area (Å²) >= 11 is 12.3. The van der Waals surface area contributed by atoms with Crippen LogP contribution >= 0.6 is 23.2 Å². The van der Waals surface area contributed by atoms with Gasteiger partial charge in [0, 0.05) is 49.3 Å². The van der Waals surface area contributed by atoms with Crippen molar-refractivity contribution in [2.75, 3.05) is 32.1 Å². The molecule has 0 aromatic heterocycles. The third kappa shape index (κ3) is 7.88. The summed E-state index contributed by atoms with van der Waals surface area (Å²) in [5.41, 5.74) is 8.82. The van der Waals surface area contributed by atoms with Crippen LogP contribution in [0.5, 0.6) is 0 Å². The standard InChI is InChI=1S/C23H31Cl2N3O/c1-27(2)21-11-7-18(8-12-21)17-28(23(29)6-4-3-5-14-26)15-13-19-9-10-20(24)16-22(19)25/h7-12,16H,3-6,13-15,17,26H2,1-2H3. The van der Waals surface area contributed by atoms with Gasteiger partial charge in [-0.2, -0.15) is 0 Å². The van der Waals surface area contributed by atoms with E-state index in [0.29, 0.717) is 42.5 Å². The van der Waals surface area contributed by atoms with E-state index in [1.807, 2.05) is 31.1 Å². The summed E-state index contributed by atoms with van der Waals surface area (Å²) in [6.45, 7) is 1.88. The first-order valence-corrected chi connectivity index (χ1v) is 10.8. The predicted molar refractivity (Wildman–Crippen MR) is 124 cm³/mol. The molecule has 0 heterocycles. The fourth-order valence-corrected chi connectivity index (χ4v) is 3.65. The molecular formula is C23H31Cl2N3O. The van der Waals surface area contributed by atoms with Gasteiger partial charge in [0.05, 0.1) is 0 Å². The topological polar surface area (TPSA) is 49.6 Å². The SMILES string of the molecule is CN(C)c1ccc(CN(CCc2ccc(Cl)cc2Cl)C(=O)CCCCCN)cc1. The van der Waals surface area contributed by atoms with Crippen LogP contribution in [0.2, 0.25) is 10.0 Å². The molecule has 29 heavy (non-hydrogen) atoms. The van der Waals surface area contributed by atoms with Crippen LogP contribution in [0, 0.1) is 0 Å². The number of unbranched alkanes of at least 4 members (excludes halogenated alkanes) is 2. The Hall–Kier alpha value is -1.75. The van der Waals surface area contributed by atoms with Gasteiger partial charge in [0.25, 0.3) is 0 Å². The van der Waals surface area contributed by atoms with Gasteiger partial charge in [0.1, 0.15) is 0 Å². The van der Waals surface area contributed by atoms with Gasteiger partial charge in [-0.25, -0.2) is 0 Å². The number of anilines is 1. The van der Waals surface area contributed by atoms with Crippen LogP contribution in [-0.4, -0.2) is 38.0 Å². The fourth-order valence-electron chi connectivity index (χ4n) is 3.15. The summed E-state index contributed by atoms with van der Waals surface area (Å²) in [5.74, 6) is 0.170. The van der Waals surface area contributed by atoms with Crippen molar-refractivity contribution in [2.24, 2.45) is 5.73 Å². The molecule has 0 bridgehead atoms. The number of nitrogens with zero attached hydrogens (tertiary/aromatic N) is 2. The highest BCUT2D eigenvalue weighted by molar-refractivity contribution is 6.35. The number of carbonyl (C=O) groups excluding carboxylic acids is 1. The average Bonchev–Trinajstić information content (AvgIpc) is 2.69. The molecule has 2 aromatic rings. The van der Waals surface area contributed by atoms with E-state index in [-0.39, 0.29) is 5.91 Å². The minimum Gasteiger partial charge on any atom is -0.378 e. The average molecular weight is 436 g/mol. The molecule has 6 heteroatoms. The lowest BCUT2D eigenvalue weighted by molar-refractivity contribution is -0.131. The summed E-state index contributed by atoms with van der Waals surface area (Å²) in [7, 11) is 4.03. The van der Waals surface area contributed by atoms with Crippen LogP contribution in [0.4, 0.5) is 5.69 Å². The normalized spacial score (nSPS) is 10.8. The Morgan fingerprint density at radius 1 is 1.00 bits per heavy atom. The molecule has 2 aromatic carbocycles. The molecule has 0 aliphatic heterocycles. The van der Waals surface area contributed by atoms with Crippen molar-refractivity contribution in [1.82, 2.24) is 4.90 Å². The molecule has 0 fully saturated rings. The summed E-state index contributed by atoms with van der Waals surface area (Å²) in [6, 6.07) is 13.8. The number of amides is 1. The number of nitrogens with two attached hydrogens (primary N) is 1. The van der Waals surface area contributed by atoms with E-state index < -0.39 is 0 Å². The van der Waals surface area contributed by atoms with E-state index in [0.717, 1.165) is 36.1 Å². The molecule has 0 aliphatic rings. The Labute approximate surface area is 184 Å². The van der Waals surface area contributed by atoms with E-state index in [4.69, 9.17) is 28.9 Å². The maximum atomic E-state index is 12.9. The number of rotatable bonds is 11. The van der Waals surface area contributed by atoms with Crippen molar-refractivity contribution in [2.45, 2.75) is 38.6 Å². The number of hydrogen-bond acceptors (Lipinski definition) is 3. The summed E-state index contributed by atoms with van der Waals surface area (Å²) in [5, 5.41) is 1.26. The lowest BCUT2D eigenvalue weighted by atomic mass is 10.1. The third-order valence-electron chi connectivity index (χ3n) is 4.94. The minimum absolute atomic E-state index is 0.170. The monoisotopic (exact) mass is 435 g/mol. The number of hydrogen-bond donors (Lipinski definition) is 1. The van der Waals surface area contributed by atoms with Gasteiger partial charge < -0.3 is 15.5 Å². The van der Waals surface area contributed by atoms with Crippen LogP contribution in [0.25, 0.3) is 0 Å². The highest BCUT2D eigenvalue weighted by atomic mass is 35.5. The van der Waals surface area contributed by atoms with Gasteiger partial charge in [0.2, 0.25) is 5.91 Å². The third-order valence-corrected chi connectivity index (χ3v) is 5.53. The molecule has 0 aliphatic carbocycles. The highest BCUT2D eigenvalue weighted by Crippen LogP contribution is 2.22. The van der Waals surface area contributed by atoms with Crippen molar-refractivity contribution in [3.05, 3.63) is 63.6 Å². The van der Waals surface area contributed by atoms with Gasteiger partial charge in [0.15, 0.2) is 0 Å². The second-order valence-electron chi connectivity index (χ2n) is 7.46. The lowest BCUT2D eigenvalue weighted by Gasteiger charge is -2.24. The van der Waals surface area contributed by atoms with Crippen LogP contribution in [0.3, 0.4) is 0 Å². The molecule has 0 radical (unpaired) electrons. The van der Waals surface area contributed by atoms with Gasteiger partial charge >= 0.3 is 0 Å². The van der Waals surface area contributed by atoms with E-state index >= 15 is 0 Å². The van der Waals surface area contributed by atoms with E-state index in [2.05, 4.69) is 29.2 Å². The van der Waals surface area contributed by atoms with Crippen LogP contribution in [0.15, 0.2) is 42.5 Å². The maximum Gasteiger partial charge on any atom is 0.222 e. The van der Waals surface area contributed by atoms with E-state index in [1.54, 1.807) is 6.07 Å². The molecule has 0 unspecified atom stereocenters. The van der Waals surface area contributed by atoms with Crippen molar-refractivity contribution >= 4 is 34.8 Å². The Morgan fingerprint density at radius 3 is 2.34 bits per heavy atom. The Kier molecular flexibility index (Phi) is 9.79. The molecule has 158 valence electrons. The predicted octanol–water partition coefficient (Wildman–Crippen LogP) is 5.15. The van der Waals surface area contributed by atoms with E-state index in [1.165, 1.54) is 0 Å². The summed E-state index contributed by atoms with van der Waals surface area (Å²) < 4.78 is 0. The first-order valence-electron chi connectivity index (χ1n) is 10.1. The smallest absolute Gasteiger partial charge is 0.222 e. The van der Waals surface area contributed by atoms with Crippen molar-refractivity contribution < 1.29 is 4.79 Å². The second kappa shape index (κ2) is 12.1. The molecule has 0 saturated heterocycles. The Morgan fingerprint density at radius 2 is 1.72 bits per heavy atom. The van der Waals surface area contributed by atoms with Crippen molar-refractivity contribution in [3.8, 4) is 0 Å². The zero-order valence-corrected chi connectivity index (χ0v) is 18.8. The van der Waals surface area contributed by atoms with Gasteiger partial charge in [-0.1, -0.05) is 47.8 Å². The molecule has 0 spiro atoms. The fraction of sp³-hybridized carbons (Fsp3) is 0.435. The molecular weight excluding hydrogens is 405 g/mol. The highest BCUT2D eigenvalue weighted by Gasteiger charge is 2.15. The first-order chi connectivity index (χ1) is 13.9. The van der Waals surface area contributed by atoms with Crippen LogP contribution in [0.1, 0.15) is 36.8 Å². The van der Waals surface area contributed by atoms with Crippen LogP contribution < -0.4 is 10.6 Å². The first kappa shape index (κ1) is 23.5. The molecule has 0 saturated carbocycles. The zero-order chi connectivity index (χ0) is 21.2. The second-order valence-corrected chi connectivity index (χ2v) is 8.30. The molecule has 2 rings (SSSR count). The largest absolute Gasteiger partial charge is 0.378 e. The minimum atomic E-state index is 0.170. The van der Waals surface area contributed by atoms with Crippen molar-refractivity contribution in [1.29, 1.82) is 0 Å². The lowest BCUT2D eigenvalue weighted by Crippen LogP contribution is -2.32. The summed E-state index contributed by atoms with van der Waals surface area (Å²) in [6.07, 6.45) is 4.05. The maximum absolute atomic E-state index is 12.9. The number of carbonyl (C=O) groups is 1.